The van der Waals surface area contributed by atoms with Crippen LogP contribution in [0.1, 0.15) is 121 Å². The van der Waals surface area contributed by atoms with Crippen LogP contribution in [-0.4, -0.2) is 0 Å². The largest absolute Gasteiger partial charge is 0.237 e. The highest BCUT2D eigenvalue weighted by molar-refractivity contribution is 7.11. The number of aryl methyl sites for hydroxylation is 3. The van der Waals surface area contributed by atoms with Crippen LogP contribution in [0.2, 0.25) is 0 Å². The van der Waals surface area contributed by atoms with E-state index >= 15 is 0 Å². The molecule has 0 aliphatic carbocycles. The van der Waals surface area contributed by atoms with Crippen molar-refractivity contribution in [3.63, 3.8) is 0 Å². The molecule has 0 aliphatic heterocycles. The zero-order valence-corrected chi connectivity index (χ0v) is 18.3. The van der Waals surface area contributed by atoms with Gasteiger partial charge in [0.05, 0.1) is 4.88 Å². The molecule has 0 unspecified atom stereocenters. The molecule has 0 saturated heterocycles. The van der Waals surface area contributed by atoms with Gasteiger partial charge in [-0.2, -0.15) is 4.57 Å². The molecule has 0 N–H and O–H groups in total. The van der Waals surface area contributed by atoms with E-state index < -0.39 is 0 Å². The summed E-state index contributed by atoms with van der Waals surface area (Å²) in [5, 5.41) is 1.56. The number of nitrogens with zero attached hydrogens (tertiary/aromatic N) is 1. The molecular formula is C23H44NS+. The summed E-state index contributed by atoms with van der Waals surface area (Å²) < 4.78 is 2.52. The Kier molecular flexibility index (Phi) is 14.4. The second-order valence-corrected chi connectivity index (χ2v) is 8.79. The van der Waals surface area contributed by atoms with Crippen molar-refractivity contribution in [2.75, 3.05) is 0 Å². The lowest BCUT2D eigenvalue weighted by Gasteiger charge is -2.03. The maximum Gasteiger partial charge on any atom is 0.237 e. The van der Waals surface area contributed by atoms with Gasteiger partial charge in [0.2, 0.25) is 5.01 Å². The second-order valence-electron chi connectivity index (χ2n) is 7.59. The van der Waals surface area contributed by atoms with Crippen molar-refractivity contribution >= 4 is 11.3 Å². The molecule has 1 aromatic rings. The van der Waals surface area contributed by atoms with Crippen LogP contribution in [0.4, 0.5) is 0 Å². The van der Waals surface area contributed by atoms with E-state index in [0.29, 0.717) is 0 Å². The van der Waals surface area contributed by atoms with Crippen molar-refractivity contribution in [2.24, 2.45) is 0 Å². The predicted octanol–water partition coefficient (Wildman–Crippen LogP) is 7.64. The minimum Gasteiger partial charge on any atom is -0.193 e. The SMILES string of the molecule is CCCCCCCCCCCCCCCC[n+]1cc(CC)sc1CC. The summed E-state index contributed by atoms with van der Waals surface area (Å²) >= 11 is 2.01. The van der Waals surface area contributed by atoms with Crippen molar-refractivity contribution in [1.29, 1.82) is 0 Å². The zero-order chi connectivity index (χ0) is 18.2. The Bertz CT molecular complexity index is 410. The van der Waals surface area contributed by atoms with Crippen molar-refractivity contribution < 1.29 is 4.57 Å². The first-order valence-corrected chi connectivity index (χ1v) is 12.1. The fraction of sp³-hybridized carbons (Fsp3) is 0.870. The summed E-state index contributed by atoms with van der Waals surface area (Å²) in [6, 6.07) is 0. The van der Waals surface area contributed by atoms with E-state index in [0.717, 1.165) is 0 Å². The van der Waals surface area contributed by atoms with Crippen LogP contribution in [0.25, 0.3) is 0 Å². The maximum absolute atomic E-state index is 2.52. The summed E-state index contributed by atoms with van der Waals surface area (Å²) in [5.74, 6) is 0. The van der Waals surface area contributed by atoms with Crippen LogP contribution < -0.4 is 4.57 Å². The van der Waals surface area contributed by atoms with Crippen molar-refractivity contribution in [1.82, 2.24) is 0 Å². The van der Waals surface area contributed by atoms with E-state index in [1.807, 2.05) is 11.3 Å². The Labute approximate surface area is 162 Å². The van der Waals surface area contributed by atoms with Crippen LogP contribution in [-0.2, 0) is 19.4 Å². The van der Waals surface area contributed by atoms with E-state index in [2.05, 4.69) is 31.5 Å². The highest BCUT2D eigenvalue weighted by atomic mass is 32.1. The van der Waals surface area contributed by atoms with E-state index in [-0.39, 0.29) is 0 Å². The molecule has 0 amide bonds. The van der Waals surface area contributed by atoms with E-state index in [1.54, 1.807) is 9.88 Å². The Morgan fingerprint density at radius 1 is 0.640 bits per heavy atom. The fourth-order valence-corrected chi connectivity index (χ4v) is 4.62. The van der Waals surface area contributed by atoms with Crippen LogP contribution >= 0.6 is 11.3 Å². The first kappa shape index (κ1) is 22.7. The highest BCUT2D eigenvalue weighted by Gasteiger charge is 2.13. The van der Waals surface area contributed by atoms with Gasteiger partial charge in [0.1, 0.15) is 6.54 Å². The molecule has 2 heteroatoms. The molecule has 0 aliphatic rings. The topological polar surface area (TPSA) is 3.88 Å². The van der Waals surface area contributed by atoms with Crippen molar-refractivity contribution in [3.8, 4) is 0 Å². The molecule has 146 valence electrons. The average Bonchev–Trinajstić information content (AvgIpc) is 3.04. The normalized spacial score (nSPS) is 11.3. The smallest absolute Gasteiger partial charge is 0.193 e. The molecule has 0 atom stereocenters. The van der Waals surface area contributed by atoms with Crippen LogP contribution in [0, 0.1) is 0 Å². The minimum absolute atomic E-state index is 1.18. The third-order valence-corrected chi connectivity index (χ3v) is 6.69. The van der Waals surface area contributed by atoms with Gasteiger partial charge in [0.25, 0.3) is 0 Å². The van der Waals surface area contributed by atoms with Gasteiger partial charge in [-0.15, -0.1) is 0 Å². The molecule has 1 aromatic heterocycles. The van der Waals surface area contributed by atoms with Crippen LogP contribution in [0.15, 0.2) is 6.20 Å². The van der Waals surface area contributed by atoms with Gasteiger partial charge in [-0.3, -0.25) is 0 Å². The summed E-state index contributed by atoms with van der Waals surface area (Å²) in [4.78, 5) is 1.54. The average molecular weight is 367 g/mol. The van der Waals surface area contributed by atoms with Gasteiger partial charge in [-0.25, -0.2) is 0 Å². The first-order chi connectivity index (χ1) is 12.3. The summed E-state index contributed by atoms with van der Waals surface area (Å²) in [7, 11) is 0. The van der Waals surface area contributed by atoms with Crippen molar-refractivity contribution in [3.05, 3.63) is 16.1 Å². The summed E-state index contributed by atoms with van der Waals surface area (Å²) in [6.45, 7) is 8.08. The van der Waals surface area contributed by atoms with Gasteiger partial charge >= 0.3 is 0 Å². The van der Waals surface area contributed by atoms with Gasteiger partial charge in [0.15, 0.2) is 6.20 Å². The second kappa shape index (κ2) is 15.9. The van der Waals surface area contributed by atoms with E-state index in [4.69, 9.17) is 0 Å². The quantitative estimate of drug-likeness (QED) is 0.197. The fourth-order valence-electron chi connectivity index (χ4n) is 3.59. The molecule has 0 fully saturated rings. The molecule has 0 saturated carbocycles. The number of aromatic nitrogens is 1. The third kappa shape index (κ3) is 11.1. The molecule has 0 spiro atoms. The first-order valence-electron chi connectivity index (χ1n) is 11.3. The maximum atomic E-state index is 2.52. The summed E-state index contributed by atoms with van der Waals surface area (Å²) in [5.41, 5.74) is 0. The number of rotatable bonds is 17. The number of unbranched alkanes of at least 4 members (excludes halogenated alkanes) is 13. The standard InChI is InChI=1S/C23H44NS/c1-4-7-8-9-10-11-12-13-14-15-16-17-18-19-20-24-21-22(5-2)25-23(24)6-3/h21H,4-20H2,1-3H3/q+1. The Morgan fingerprint density at radius 3 is 1.56 bits per heavy atom. The lowest BCUT2D eigenvalue weighted by molar-refractivity contribution is -0.699. The molecule has 1 rings (SSSR count). The predicted molar refractivity (Wildman–Crippen MR) is 114 cm³/mol. The van der Waals surface area contributed by atoms with Crippen LogP contribution in [0.3, 0.4) is 0 Å². The molecule has 0 radical (unpaired) electrons. The summed E-state index contributed by atoms with van der Waals surface area (Å²) in [6.07, 6.45) is 25.0. The van der Waals surface area contributed by atoms with Gasteiger partial charge in [-0.1, -0.05) is 109 Å². The lowest BCUT2D eigenvalue weighted by atomic mass is 10.0. The Balaban J connectivity index is 1.88. The van der Waals surface area contributed by atoms with Crippen LogP contribution in [0.5, 0.6) is 0 Å². The van der Waals surface area contributed by atoms with Gasteiger partial charge in [-0.05, 0) is 12.8 Å². The third-order valence-electron chi connectivity index (χ3n) is 5.27. The molecule has 25 heavy (non-hydrogen) atoms. The number of hydrogen-bond acceptors (Lipinski definition) is 1. The lowest BCUT2D eigenvalue weighted by Crippen LogP contribution is -2.35. The molecular weight excluding hydrogens is 322 g/mol. The molecule has 1 nitrogen and oxygen atoms in total. The van der Waals surface area contributed by atoms with E-state index in [1.165, 1.54) is 109 Å². The van der Waals surface area contributed by atoms with E-state index in [9.17, 15) is 0 Å². The number of hydrogen-bond donors (Lipinski definition) is 0. The molecule has 1 heterocycles. The van der Waals surface area contributed by atoms with Gasteiger partial charge in [0, 0.05) is 12.8 Å². The zero-order valence-electron chi connectivity index (χ0n) is 17.5. The minimum atomic E-state index is 1.18. The monoisotopic (exact) mass is 366 g/mol. The van der Waals surface area contributed by atoms with Crippen molar-refractivity contribution in [2.45, 2.75) is 130 Å². The molecule has 0 bridgehead atoms. The van der Waals surface area contributed by atoms with Gasteiger partial charge < -0.3 is 0 Å². The Morgan fingerprint density at radius 2 is 1.12 bits per heavy atom. The number of thiazole rings is 1. The Hall–Kier alpha value is -0.370. The molecule has 0 aromatic carbocycles. The highest BCUT2D eigenvalue weighted by Crippen LogP contribution is 2.14.